The topological polar surface area (TPSA) is 58.6 Å². The highest BCUT2D eigenvalue weighted by Crippen LogP contribution is 2.53. The standard InChI is InChI=1S/C27H32ClNO3Si/c1-33(2,3)32-17-7-9-21-18-20-8-4-5-12-24(20)26(21)13-15-27(16-14-26,25(30)31)29-23-11-6-10-22(28)19-23/h4-12,18-19,29H,13-17H2,1-3H3,(H,30,31)/b9-7+. The van der Waals surface area contributed by atoms with Gasteiger partial charge in [0.25, 0.3) is 0 Å². The van der Waals surface area contributed by atoms with E-state index >= 15 is 0 Å². The van der Waals surface area contributed by atoms with Crippen molar-refractivity contribution in [1.29, 1.82) is 0 Å². The summed E-state index contributed by atoms with van der Waals surface area (Å²) in [4.78, 5) is 12.5. The van der Waals surface area contributed by atoms with E-state index in [-0.39, 0.29) is 5.41 Å². The fourth-order valence-corrected chi connectivity index (χ4v) is 5.88. The minimum absolute atomic E-state index is 0.165. The van der Waals surface area contributed by atoms with Crippen LogP contribution in [-0.4, -0.2) is 31.5 Å². The number of carboxylic acids is 1. The molecule has 33 heavy (non-hydrogen) atoms. The number of hydrogen-bond donors (Lipinski definition) is 2. The molecule has 2 aromatic carbocycles. The van der Waals surface area contributed by atoms with Gasteiger partial charge in [0, 0.05) is 16.1 Å². The first-order chi connectivity index (χ1) is 15.6. The van der Waals surface area contributed by atoms with Crippen molar-refractivity contribution in [2.24, 2.45) is 0 Å². The van der Waals surface area contributed by atoms with Crippen LogP contribution in [0.2, 0.25) is 24.7 Å². The molecule has 174 valence electrons. The monoisotopic (exact) mass is 481 g/mol. The largest absolute Gasteiger partial charge is 0.480 e. The summed E-state index contributed by atoms with van der Waals surface area (Å²) in [5, 5.41) is 14.1. The Labute approximate surface area is 202 Å². The van der Waals surface area contributed by atoms with Gasteiger partial charge in [-0.2, -0.15) is 0 Å². The number of fused-ring (bicyclic) bond motifs is 2. The van der Waals surface area contributed by atoms with Crippen LogP contribution in [-0.2, 0) is 14.6 Å². The zero-order chi connectivity index (χ0) is 23.7. The molecule has 1 fully saturated rings. The maximum absolute atomic E-state index is 12.5. The Hall–Kier alpha value is -2.34. The van der Waals surface area contributed by atoms with E-state index in [0.717, 1.165) is 18.5 Å². The molecule has 1 saturated carbocycles. The van der Waals surface area contributed by atoms with E-state index in [1.807, 2.05) is 12.1 Å². The fourth-order valence-electron chi connectivity index (χ4n) is 5.10. The van der Waals surface area contributed by atoms with Gasteiger partial charge in [0.15, 0.2) is 8.32 Å². The molecule has 6 heteroatoms. The summed E-state index contributed by atoms with van der Waals surface area (Å²) >= 11 is 6.14. The molecule has 4 nitrogen and oxygen atoms in total. The van der Waals surface area contributed by atoms with Gasteiger partial charge in [-0.1, -0.05) is 60.2 Å². The van der Waals surface area contributed by atoms with Gasteiger partial charge < -0.3 is 14.8 Å². The van der Waals surface area contributed by atoms with Crippen LogP contribution in [0.1, 0.15) is 36.8 Å². The van der Waals surface area contributed by atoms with Crippen molar-refractivity contribution >= 4 is 37.7 Å². The van der Waals surface area contributed by atoms with E-state index in [1.165, 1.54) is 16.7 Å². The normalized spacial score (nSPS) is 24.7. The summed E-state index contributed by atoms with van der Waals surface area (Å²) in [6.45, 7) is 7.17. The SMILES string of the molecule is C[Si](C)(C)OC/C=C/C1=Cc2ccccc2C12CCC(Nc1cccc(Cl)c1)(C(=O)O)CC2. The number of rotatable bonds is 7. The second-order valence-corrected chi connectivity index (χ2v) is 15.1. The van der Waals surface area contributed by atoms with Crippen LogP contribution in [0.3, 0.4) is 0 Å². The van der Waals surface area contributed by atoms with Crippen molar-refractivity contribution in [1.82, 2.24) is 0 Å². The molecule has 2 aromatic rings. The van der Waals surface area contributed by atoms with Crippen molar-refractivity contribution in [3.8, 4) is 0 Å². The van der Waals surface area contributed by atoms with Crippen LogP contribution >= 0.6 is 11.6 Å². The molecule has 0 aliphatic heterocycles. The molecule has 2 N–H and O–H groups in total. The van der Waals surface area contributed by atoms with Crippen LogP contribution < -0.4 is 5.32 Å². The minimum atomic E-state index is -1.57. The Bertz CT molecular complexity index is 1090. The molecule has 0 bridgehead atoms. The molecular weight excluding hydrogens is 450 g/mol. The first-order valence-corrected chi connectivity index (χ1v) is 15.3. The third kappa shape index (κ3) is 4.96. The van der Waals surface area contributed by atoms with Crippen LogP contribution in [0.15, 0.2) is 66.3 Å². The molecule has 2 aliphatic rings. The summed E-state index contributed by atoms with van der Waals surface area (Å²) in [5.74, 6) is -0.812. The zero-order valence-corrected chi connectivity index (χ0v) is 21.3. The van der Waals surface area contributed by atoms with Crippen LogP contribution in [0.5, 0.6) is 0 Å². The van der Waals surface area contributed by atoms with Gasteiger partial charge in [-0.25, -0.2) is 4.79 Å². The highest BCUT2D eigenvalue weighted by molar-refractivity contribution is 6.69. The minimum Gasteiger partial charge on any atom is -0.480 e. The predicted molar refractivity (Wildman–Crippen MR) is 138 cm³/mol. The van der Waals surface area contributed by atoms with Crippen molar-refractivity contribution in [2.45, 2.75) is 56.3 Å². The van der Waals surface area contributed by atoms with E-state index in [9.17, 15) is 9.90 Å². The van der Waals surface area contributed by atoms with Crippen molar-refractivity contribution in [3.05, 3.63) is 82.4 Å². The Morgan fingerprint density at radius 2 is 1.85 bits per heavy atom. The smallest absolute Gasteiger partial charge is 0.329 e. The number of allylic oxidation sites excluding steroid dienone is 2. The quantitative estimate of drug-likeness (QED) is 0.422. The van der Waals surface area contributed by atoms with E-state index in [2.05, 4.69) is 67.5 Å². The summed E-state index contributed by atoms with van der Waals surface area (Å²) < 4.78 is 6.01. The van der Waals surface area contributed by atoms with Gasteiger partial charge in [-0.15, -0.1) is 0 Å². The number of carboxylic acid groups (broad SMARTS) is 1. The molecule has 1 spiro atoms. The molecule has 0 heterocycles. The number of hydrogen-bond acceptors (Lipinski definition) is 3. The highest BCUT2D eigenvalue weighted by atomic mass is 35.5. The third-order valence-corrected chi connectivity index (χ3v) is 8.09. The molecule has 0 radical (unpaired) electrons. The summed E-state index contributed by atoms with van der Waals surface area (Å²) in [6.07, 6.45) is 9.14. The van der Waals surface area contributed by atoms with E-state index in [4.69, 9.17) is 16.0 Å². The molecule has 0 amide bonds. The van der Waals surface area contributed by atoms with Crippen LogP contribution in [0.4, 0.5) is 5.69 Å². The molecule has 0 unspecified atom stereocenters. The third-order valence-electron chi connectivity index (χ3n) is 6.82. The lowest BCUT2D eigenvalue weighted by atomic mass is 9.62. The van der Waals surface area contributed by atoms with Crippen LogP contribution in [0.25, 0.3) is 6.08 Å². The maximum atomic E-state index is 12.5. The van der Waals surface area contributed by atoms with Crippen molar-refractivity contribution in [3.63, 3.8) is 0 Å². The lowest BCUT2D eigenvalue weighted by Crippen LogP contribution is -2.52. The first-order valence-electron chi connectivity index (χ1n) is 11.5. The average molecular weight is 482 g/mol. The van der Waals surface area contributed by atoms with Gasteiger partial charge in [-0.05, 0) is 80.2 Å². The Morgan fingerprint density at radius 3 is 2.52 bits per heavy atom. The molecule has 0 atom stereocenters. The second kappa shape index (κ2) is 9.13. The number of anilines is 1. The highest BCUT2D eigenvalue weighted by Gasteiger charge is 2.51. The van der Waals surface area contributed by atoms with Gasteiger partial charge in [0.1, 0.15) is 5.54 Å². The van der Waals surface area contributed by atoms with Crippen molar-refractivity contribution < 1.29 is 14.3 Å². The Morgan fingerprint density at radius 1 is 1.12 bits per heavy atom. The lowest BCUT2D eigenvalue weighted by Gasteiger charge is -2.45. The van der Waals surface area contributed by atoms with Gasteiger partial charge in [0.05, 0.1) is 6.61 Å². The van der Waals surface area contributed by atoms with Gasteiger partial charge in [-0.3, -0.25) is 0 Å². The second-order valence-electron chi connectivity index (χ2n) is 10.1. The fraction of sp³-hybridized carbons (Fsp3) is 0.370. The van der Waals surface area contributed by atoms with E-state index in [0.29, 0.717) is 24.5 Å². The molecule has 0 saturated heterocycles. The van der Waals surface area contributed by atoms with E-state index in [1.54, 1.807) is 12.1 Å². The number of halogens is 1. The molecule has 0 aromatic heterocycles. The molecule has 2 aliphatic carbocycles. The first kappa shape index (κ1) is 23.8. The number of aliphatic carboxylic acids is 1. The zero-order valence-electron chi connectivity index (χ0n) is 19.5. The molecular formula is C27H32ClNO3Si. The van der Waals surface area contributed by atoms with Gasteiger partial charge in [0.2, 0.25) is 0 Å². The summed E-state index contributed by atoms with van der Waals surface area (Å²) in [5.41, 5.74) is 3.35. The maximum Gasteiger partial charge on any atom is 0.329 e. The number of nitrogens with one attached hydrogen (secondary N) is 1. The Balaban J connectivity index is 1.59. The Kier molecular flexibility index (Phi) is 6.58. The molecule has 4 rings (SSSR count). The lowest BCUT2D eigenvalue weighted by molar-refractivity contribution is -0.143. The summed E-state index contributed by atoms with van der Waals surface area (Å²) in [6, 6.07) is 15.8. The number of carbonyl (C=O) groups is 1. The average Bonchev–Trinajstić information content (AvgIpc) is 3.05. The van der Waals surface area contributed by atoms with Gasteiger partial charge >= 0.3 is 5.97 Å². The van der Waals surface area contributed by atoms with Crippen molar-refractivity contribution in [2.75, 3.05) is 11.9 Å². The van der Waals surface area contributed by atoms with Crippen LogP contribution in [0, 0.1) is 0 Å². The predicted octanol–water partition coefficient (Wildman–Crippen LogP) is 6.89. The number of benzene rings is 2. The van der Waals surface area contributed by atoms with E-state index < -0.39 is 19.8 Å². The summed E-state index contributed by atoms with van der Waals surface area (Å²) in [7, 11) is -1.57.